The van der Waals surface area contributed by atoms with E-state index in [1.807, 2.05) is 0 Å². The molecule has 1 aliphatic carbocycles. The van der Waals surface area contributed by atoms with Crippen LogP contribution in [-0.2, 0) is 4.74 Å². The number of nitrogens with one attached hydrogen (secondary N) is 1. The van der Waals surface area contributed by atoms with E-state index in [2.05, 4.69) is 10.2 Å². The summed E-state index contributed by atoms with van der Waals surface area (Å²) >= 11 is 0. The van der Waals surface area contributed by atoms with Gasteiger partial charge in [0.15, 0.2) is 0 Å². The topological polar surface area (TPSA) is 24.5 Å². The Morgan fingerprint density at radius 1 is 1.00 bits per heavy atom. The smallest absolute Gasteiger partial charge is 0.0480 e. The Hall–Kier alpha value is -0.120. The molecule has 2 saturated heterocycles. The maximum Gasteiger partial charge on any atom is 0.0480 e. The first-order chi connectivity index (χ1) is 8.93. The molecule has 3 heteroatoms. The summed E-state index contributed by atoms with van der Waals surface area (Å²) in [6.07, 6.45) is 9.75. The van der Waals surface area contributed by atoms with Gasteiger partial charge in [0.25, 0.3) is 0 Å². The molecule has 0 radical (unpaired) electrons. The minimum Gasteiger partial charge on any atom is -0.381 e. The molecule has 18 heavy (non-hydrogen) atoms. The number of hydrogen-bond donors (Lipinski definition) is 1. The van der Waals surface area contributed by atoms with E-state index >= 15 is 0 Å². The van der Waals surface area contributed by atoms with Crippen molar-refractivity contribution in [2.45, 2.75) is 57.0 Å². The number of hydrogen-bond acceptors (Lipinski definition) is 3. The Morgan fingerprint density at radius 3 is 2.72 bits per heavy atom. The quantitative estimate of drug-likeness (QED) is 0.828. The highest BCUT2D eigenvalue weighted by molar-refractivity contribution is 4.89. The summed E-state index contributed by atoms with van der Waals surface area (Å²) in [6, 6.07) is 1.64. The van der Waals surface area contributed by atoms with Gasteiger partial charge < -0.3 is 10.1 Å². The van der Waals surface area contributed by atoms with E-state index in [9.17, 15) is 0 Å². The molecule has 3 rings (SSSR count). The third-order valence-corrected chi connectivity index (χ3v) is 5.16. The molecule has 3 fully saturated rings. The Morgan fingerprint density at radius 2 is 1.83 bits per heavy atom. The fourth-order valence-corrected chi connectivity index (χ4v) is 4.15. The van der Waals surface area contributed by atoms with Crippen molar-refractivity contribution in [3.8, 4) is 0 Å². The summed E-state index contributed by atoms with van der Waals surface area (Å²) in [7, 11) is 0. The van der Waals surface area contributed by atoms with Gasteiger partial charge in [0.05, 0.1) is 0 Å². The lowest BCUT2D eigenvalue weighted by atomic mass is 9.92. The lowest BCUT2D eigenvalue weighted by Crippen LogP contribution is -2.47. The molecule has 0 aromatic rings. The number of rotatable bonds is 4. The van der Waals surface area contributed by atoms with E-state index in [0.717, 1.165) is 25.2 Å². The van der Waals surface area contributed by atoms with Crippen LogP contribution in [0.25, 0.3) is 0 Å². The molecular formula is C15H28N2O. The third-order valence-electron chi connectivity index (χ3n) is 5.16. The summed E-state index contributed by atoms with van der Waals surface area (Å²) in [5.74, 6) is 1.03. The second-order valence-electron chi connectivity index (χ2n) is 6.28. The van der Waals surface area contributed by atoms with Crippen LogP contribution in [0.2, 0.25) is 0 Å². The maximum absolute atomic E-state index is 5.40. The second-order valence-corrected chi connectivity index (χ2v) is 6.28. The van der Waals surface area contributed by atoms with Crippen molar-refractivity contribution in [3.63, 3.8) is 0 Å². The number of nitrogens with zero attached hydrogens (tertiary/aromatic N) is 1. The summed E-state index contributed by atoms with van der Waals surface area (Å²) in [5, 5.41) is 3.73. The van der Waals surface area contributed by atoms with Gasteiger partial charge in [0.2, 0.25) is 0 Å². The van der Waals surface area contributed by atoms with Crippen LogP contribution in [0.5, 0.6) is 0 Å². The Kier molecular flexibility index (Phi) is 4.55. The second kappa shape index (κ2) is 6.36. The van der Waals surface area contributed by atoms with Gasteiger partial charge in [-0.3, -0.25) is 4.90 Å². The van der Waals surface area contributed by atoms with Crippen LogP contribution in [0.4, 0.5) is 0 Å². The van der Waals surface area contributed by atoms with Gasteiger partial charge in [-0.1, -0.05) is 6.42 Å². The van der Waals surface area contributed by atoms with Crippen molar-refractivity contribution >= 4 is 0 Å². The molecule has 104 valence electrons. The first-order valence-corrected chi connectivity index (χ1v) is 7.98. The van der Waals surface area contributed by atoms with Crippen LogP contribution in [-0.4, -0.2) is 49.8 Å². The molecule has 0 aromatic carbocycles. The van der Waals surface area contributed by atoms with E-state index in [4.69, 9.17) is 4.74 Å². The van der Waals surface area contributed by atoms with Gasteiger partial charge in [0, 0.05) is 38.4 Å². The lowest BCUT2D eigenvalue weighted by Gasteiger charge is -2.38. The van der Waals surface area contributed by atoms with Crippen molar-refractivity contribution in [1.29, 1.82) is 0 Å². The fraction of sp³-hybridized carbons (Fsp3) is 1.00. The number of ether oxygens (including phenoxy) is 1. The van der Waals surface area contributed by atoms with E-state index in [1.54, 1.807) is 0 Å². The normalized spacial score (nSPS) is 34.7. The monoisotopic (exact) mass is 252 g/mol. The van der Waals surface area contributed by atoms with Gasteiger partial charge in [-0.2, -0.15) is 0 Å². The third kappa shape index (κ3) is 3.06. The Balaban J connectivity index is 1.39. The standard InChI is InChI=1S/C15H28N2O/c1-3-13-4-2-9-17(15(13)5-1)10-8-16-14-6-11-18-12-7-14/h13-16H,1-12H2. The summed E-state index contributed by atoms with van der Waals surface area (Å²) < 4.78 is 5.40. The highest BCUT2D eigenvalue weighted by atomic mass is 16.5. The molecule has 1 N–H and O–H groups in total. The van der Waals surface area contributed by atoms with Crippen LogP contribution >= 0.6 is 0 Å². The first-order valence-electron chi connectivity index (χ1n) is 7.98. The van der Waals surface area contributed by atoms with Crippen LogP contribution < -0.4 is 5.32 Å². The van der Waals surface area contributed by atoms with Gasteiger partial charge >= 0.3 is 0 Å². The molecule has 2 aliphatic heterocycles. The Bertz CT molecular complexity index is 253. The zero-order chi connectivity index (χ0) is 12.2. The van der Waals surface area contributed by atoms with E-state index in [1.165, 1.54) is 64.6 Å². The minimum absolute atomic E-state index is 0.711. The Labute approximate surface area is 111 Å². The average molecular weight is 252 g/mol. The van der Waals surface area contributed by atoms with Crippen LogP contribution in [0.3, 0.4) is 0 Å². The SMILES string of the molecule is C1CC2CCCN(CCNC3CCOCC3)C2C1. The van der Waals surface area contributed by atoms with Crippen molar-refractivity contribution in [2.24, 2.45) is 5.92 Å². The zero-order valence-electron chi connectivity index (χ0n) is 11.6. The molecule has 0 bridgehead atoms. The van der Waals surface area contributed by atoms with Gasteiger partial charge in [-0.15, -0.1) is 0 Å². The zero-order valence-corrected chi connectivity index (χ0v) is 11.6. The number of piperidine rings is 1. The average Bonchev–Trinajstić information content (AvgIpc) is 2.89. The van der Waals surface area contributed by atoms with Crippen molar-refractivity contribution in [1.82, 2.24) is 10.2 Å². The highest BCUT2D eigenvalue weighted by Gasteiger charge is 2.34. The molecule has 3 nitrogen and oxygen atoms in total. The molecule has 2 unspecified atom stereocenters. The molecule has 3 aliphatic rings. The predicted molar refractivity (Wildman–Crippen MR) is 73.8 cm³/mol. The highest BCUT2D eigenvalue weighted by Crippen LogP contribution is 2.36. The van der Waals surface area contributed by atoms with Crippen molar-refractivity contribution in [3.05, 3.63) is 0 Å². The lowest BCUT2D eigenvalue weighted by molar-refractivity contribution is 0.0737. The molecule has 1 saturated carbocycles. The predicted octanol–water partition coefficient (Wildman–Crippen LogP) is 2.02. The molecular weight excluding hydrogens is 224 g/mol. The van der Waals surface area contributed by atoms with Crippen LogP contribution in [0, 0.1) is 5.92 Å². The first kappa shape index (κ1) is 12.9. The van der Waals surface area contributed by atoms with Crippen LogP contribution in [0.1, 0.15) is 44.9 Å². The largest absolute Gasteiger partial charge is 0.381 e. The molecule has 0 amide bonds. The van der Waals surface area contributed by atoms with Gasteiger partial charge in [-0.05, 0) is 51.0 Å². The molecule has 0 spiro atoms. The number of likely N-dealkylation sites (tertiary alicyclic amines) is 1. The van der Waals surface area contributed by atoms with E-state index in [0.29, 0.717) is 6.04 Å². The van der Waals surface area contributed by atoms with E-state index < -0.39 is 0 Å². The van der Waals surface area contributed by atoms with Crippen molar-refractivity contribution < 1.29 is 4.74 Å². The molecule has 2 heterocycles. The van der Waals surface area contributed by atoms with E-state index in [-0.39, 0.29) is 0 Å². The van der Waals surface area contributed by atoms with Crippen molar-refractivity contribution in [2.75, 3.05) is 32.8 Å². The van der Waals surface area contributed by atoms with Crippen LogP contribution in [0.15, 0.2) is 0 Å². The summed E-state index contributed by atoms with van der Waals surface area (Å²) in [4.78, 5) is 2.77. The van der Waals surface area contributed by atoms with Gasteiger partial charge in [0.1, 0.15) is 0 Å². The number of fused-ring (bicyclic) bond motifs is 1. The minimum atomic E-state index is 0.711. The van der Waals surface area contributed by atoms with Gasteiger partial charge in [-0.25, -0.2) is 0 Å². The fourth-order valence-electron chi connectivity index (χ4n) is 4.15. The maximum atomic E-state index is 5.40. The summed E-state index contributed by atoms with van der Waals surface area (Å²) in [6.45, 7) is 5.68. The molecule has 2 atom stereocenters. The summed E-state index contributed by atoms with van der Waals surface area (Å²) in [5.41, 5.74) is 0. The molecule has 0 aromatic heterocycles.